The van der Waals surface area contributed by atoms with Crippen LogP contribution in [-0.2, 0) is 4.79 Å². The maximum atomic E-state index is 11.8. The van der Waals surface area contributed by atoms with Crippen molar-refractivity contribution < 1.29 is 14.7 Å². The molecule has 1 unspecified atom stereocenters. The fourth-order valence-corrected chi connectivity index (χ4v) is 1.49. The first-order chi connectivity index (χ1) is 8.06. The van der Waals surface area contributed by atoms with Gasteiger partial charge in [0.05, 0.1) is 0 Å². The van der Waals surface area contributed by atoms with E-state index in [1.165, 1.54) is 0 Å². The van der Waals surface area contributed by atoms with Crippen molar-refractivity contribution >= 4 is 12.0 Å². The molecule has 5 heteroatoms. The summed E-state index contributed by atoms with van der Waals surface area (Å²) in [6.45, 7) is 8.45. The van der Waals surface area contributed by atoms with E-state index in [1.807, 2.05) is 13.8 Å². The lowest BCUT2D eigenvalue weighted by molar-refractivity contribution is -0.139. The van der Waals surface area contributed by atoms with Crippen LogP contribution in [0.2, 0.25) is 0 Å². The van der Waals surface area contributed by atoms with Crippen LogP contribution in [0, 0.1) is 0 Å². The molecule has 0 heterocycles. The van der Waals surface area contributed by atoms with E-state index in [4.69, 9.17) is 5.11 Å². The highest BCUT2D eigenvalue weighted by molar-refractivity contribution is 5.82. The Hall–Kier alpha value is -1.52. The standard InChI is InChI=1S/C12H22N2O3/c1-4-7-10(11(15)16)13-12(17)14(8-5-2)9-6-3/h5,10H,2,4,6-9H2,1,3H3,(H,13,17)(H,15,16). The molecule has 0 bridgehead atoms. The summed E-state index contributed by atoms with van der Waals surface area (Å²) in [6.07, 6.45) is 3.61. The Bertz CT molecular complexity index is 266. The lowest BCUT2D eigenvalue weighted by Gasteiger charge is -2.23. The molecular formula is C12H22N2O3. The molecule has 0 saturated carbocycles. The Kier molecular flexibility index (Phi) is 7.84. The number of carboxylic acids is 1. The molecule has 0 saturated heterocycles. The number of urea groups is 1. The van der Waals surface area contributed by atoms with Gasteiger partial charge in [-0.3, -0.25) is 0 Å². The maximum absolute atomic E-state index is 11.8. The van der Waals surface area contributed by atoms with Crippen LogP contribution in [0.4, 0.5) is 4.79 Å². The van der Waals surface area contributed by atoms with Gasteiger partial charge in [0.25, 0.3) is 0 Å². The van der Waals surface area contributed by atoms with Gasteiger partial charge in [-0.1, -0.05) is 26.3 Å². The van der Waals surface area contributed by atoms with Gasteiger partial charge < -0.3 is 15.3 Å². The quantitative estimate of drug-likeness (QED) is 0.638. The molecule has 5 nitrogen and oxygen atoms in total. The van der Waals surface area contributed by atoms with Gasteiger partial charge in [0.15, 0.2) is 0 Å². The van der Waals surface area contributed by atoms with Crippen molar-refractivity contribution in [1.82, 2.24) is 10.2 Å². The number of carbonyl (C=O) groups is 2. The summed E-state index contributed by atoms with van der Waals surface area (Å²) in [5.74, 6) is -0.991. The third kappa shape index (κ3) is 5.94. The third-order valence-corrected chi connectivity index (χ3v) is 2.30. The average molecular weight is 242 g/mol. The first kappa shape index (κ1) is 15.5. The van der Waals surface area contributed by atoms with E-state index >= 15 is 0 Å². The van der Waals surface area contributed by atoms with Gasteiger partial charge in [0.1, 0.15) is 6.04 Å². The largest absolute Gasteiger partial charge is 0.480 e. The van der Waals surface area contributed by atoms with Crippen LogP contribution in [0.5, 0.6) is 0 Å². The lowest BCUT2D eigenvalue weighted by Crippen LogP contribution is -2.48. The van der Waals surface area contributed by atoms with Crippen molar-refractivity contribution in [3.63, 3.8) is 0 Å². The molecule has 0 aromatic rings. The zero-order valence-corrected chi connectivity index (χ0v) is 10.6. The molecule has 0 aliphatic carbocycles. The summed E-state index contributed by atoms with van der Waals surface area (Å²) < 4.78 is 0. The van der Waals surface area contributed by atoms with E-state index in [2.05, 4.69) is 11.9 Å². The van der Waals surface area contributed by atoms with Crippen LogP contribution in [0.25, 0.3) is 0 Å². The van der Waals surface area contributed by atoms with E-state index < -0.39 is 12.0 Å². The number of nitrogens with zero attached hydrogens (tertiary/aromatic N) is 1. The van der Waals surface area contributed by atoms with Gasteiger partial charge in [0, 0.05) is 13.1 Å². The number of nitrogens with one attached hydrogen (secondary N) is 1. The van der Waals surface area contributed by atoms with Crippen molar-refractivity contribution in [3.05, 3.63) is 12.7 Å². The highest BCUT2D eigenvalue weighted by Crippen LogP contribution is 2.00. The van der Waals surface area contributed by atoms with Crippen LogP contribution < -0.4 is 5.32 Å². The minimum absolute atomic E-state index is 0.340. The molecule has 0 aromatic carbocycles. The van der Waals surface area contributed by atoms with E-state index in [0.29, 0.717) is 25.9 Å². The molecule has 0 rings (SSSR count). The minimum Gasteiger partial charge on any atom is -0.480 e. The Morgan fingerprint density at radius 3 is 2.47 bits per heavy atom. The van der Waals surface area contributed by atoms with E-state index in [9.17, 15) is 9.59 Å². The van der Waals surface area contributed by atoms with E-state index in [0.717, 1.165) is 6.42 Å². The Morgan fingerprint density at radius 1 is 1.41 bits per heavy atom. The van der Waals surface area contributed by atoms with Crippen LogP contribution in [0.15, 0.2) is 12.7 Å². The van der Waals surface area contributed by atoms with Crippen LogP contribution >= 0.6 is 0 Å². The van der Waals surface area contributed by atoms with E-state index in [1.54, 1.807) is 11.0 Å². The number of carbonyl (C=O) groups excluding carboxylic acids is 1. The van der Waals surface area contributed by atoms with Crippen molar-refractivity contribution in [3.8, 4) is 0 Å². The van der Waals surface area contributed by atoms with Gasteiger partial charge in [-0.25, -0.2) is 9.59 Å². The number of hydrogen-bond acceptors (Lipinski definition) is 2. The zero-order chi connectivity index (χ0) is 13.3. The number of aliphatic carboxylic acids is 1. The van der Waals surface area contributed by atoms with E-state index in [-0.39, 0.29) is 6.03 Å². The third-order valence-electron chi connectivity index (χ3n) is 2.30. The fourth-order valence-electron chi connectivity index (χ4n) is 1.49. The van der Waals surface area contributed by atoms with Gasteiger partial charge in [-0.05, 0) is 12.8 Å². The number of rotatable bonds is 8. The second kappa shape index (κ2) is 8.61. The van der Waals surface area contributed by atoms with Crippen LogP contribution in [0.1, 0.15) is 33.1 Å². The molecule has 2 N–H and O–H groups in total. The summed E-state index contributed by atoms with van der Waals surface area (Å²) >= 11 is 0. The first-order valence-electron chi connectivity index (χ1n) is 5.95. The molecule has 0 aliphatic rings. The smallest absolute Gasteiger partial charge is 0.326 e. The molecule has 0 fully saturated rings. The topological polar surface area (TPSA) is 69.6 Å². The summed E-state index contributed by atoms with van der Waals surface area (Å²) in [7, 11) is 0. The summed E-state index contributed by atoms with van der Waals surface area (Å²) in [4.78, 5) is 24.3. The van der Waals surface area contributed by atoms with Crippen molar-refractivity contribution in [2.75, 3.05) is 13.1 Å². The second-order valence-electron chi connectivity index (χ2n) is 3.86. The zero-order valence-electron chi connectivity index (χ0n) is 10.6. The molecule has 98 valence electrons. The molecule has 2 amide bonds. The molecule has 1 atom stereocenters. The summed E-state index contributed by atoms with van der Waals surface area (Å²) in [5.41, 5.74) is 0. The number of amides is 2. The van der Waals surface area contributed by atoms with Crippen molar-refractivity contribution in [2.45, 2.75) is 39.2 Å². The molecule has 0 spiro atoms. The lowest BCUT2D eigenvalue weighted by atomic mass is 10.2. The summed E-state index contributed by atoms with van der Waals surface area (Å²) in [5, 5.41) is 11.5. The van der Waals surface area contributed by atoms with Crippen molar-refractivity contribution in [2.24, 2.45) is 0 Å². The highest BCUT2D eigenvalue weighted by atomic mass is 16.4. The van der Waals surface area contributed by atoms with Gasteiger partial charge in [-0.15, -0.1) is 6.58 Å². The Labute approximate surface area is 102 Å². The summed E-state index contributed by atoms with van der Waals surface area (Å²) in [6, 6.07) is -1.15. The normalized spacial score (nSPS) is 11.6. The fraction of sp³-hybridized carbons (Fsp3) is 0.667. The van der Waals surface area contributed by atoms with Gasteiger partial charge >= 0.3 is 12.0 Å². The van der Waals surface area contributed by atoms with Crippen molar-refractivity contribution in [1.29, 1.82) is 0 Å². The Morgan fingerprint density at radius 2 is 2.06 bits per heavy atom. The monoisotopic (exact) mass is 242 g/mol. The Balaban J connectivity index is 4.43. The number of carboxylic acid groups (broad SMARTS) is 1. The highest BCUT2D eigenvalue weighted by Gasteiger charge is 2.21. The predicted octanol–water partition coefficient (Wildman–Crippen LogP) is 1.85. The molecule has 0 aromatic heterocycles. The average Bonchev–Trinajstić information content (AvgIpc) is 2.28. The first-order valence-corrected chi connectivity index (χ1v) is 5.95. The molecule has 0 radical (unpaired) electrons. The maximum Gasteiger partial charge on any atom is 0.326 e. The molecule has 0 aliphatic heterocycles. The molecular weight excluding hydrogens is 220 g/mol. The molecule has 17 heavy (non-hydrogen) atoms. The van der Waals surface area contributed by atoms with Crippen LogP contribution in [0.3, 0.4) is 0 Å². The number of hydrogen-bond donors (Lipinski definition) is 2. The van der Waals surface area contributed by atoms with Gasteiger partial charge in [-0.2, -0.15) is 0 Å². The van der Waals surface area contributed by atoms with Gasteiger partial charge in [0.2, 0.25) is 0 Å². The second-order valence-corrected chi connectivity index (χ2v) is 3.86. The predicted molar refractivity (Wildman–Crippen MR) is 66.9 cm³/mol. The van der Waals surface area contributed by atoms with Crippen LogP contribution in [-0.4, -0.2) is 41.1 Å². The SMILES string of the molecule is C=CCN(CCC)C(=O)NC(CCC)C(=O)O. The minimum atomic E-state index is -0.991.